The summed E-state index contributed by atoms with van der Waals surface area (Å²) in [7, 11) is 2.03. The van der Waals surface area contributed by atoms with E-state index in [1.165, 1.54) is 393 Å². The molecule has 11 nitrogen and oxygen atoms in total. The Hall–Kier alpha value is -6.80. The summed E-state index contributed by atoms with van der Waals surface area (Å²) in [6, 6.07) is 20.4. The van der Waals surface area contributed by atoms with Gasteiger partial charge >= 0.3 is 0 Å². The Bertz CT molecular complexity index is 5370. The number of thiophene rings is 4. The molecule has 0 amide bonds. The lowest BCUT2D eigenvalue weighted by molar-refractivity contribution is 0.103. The van der Waals surface area contributed by atoms with Gasteiger partial charge in [0.05, 0.1) is 50.3 Å². The SMILES string of the molecule is CCCCCCCCCCCCC(CCCCCCCCCC)Cn1c2c3sc(/C=C4\C(=O)c5cc(Br)ccc5C4=C(C#N)C#N)c(CCCCCCCCCCC)c3sc2c2c3nn(C)nc3c3c4sc5c(CCCCCCCCCCC)c(/C=C6\C(=O)c7cc(Br)ccc7C6=C(C#N)C#N)sc5c4n(CC(CCCCCCCCCC)CCCCCCCCCCCC)c3c21. The normalized spacial score (nSPS) is 13.9. The van der Waals surface area contributed by atoms with Gasteiger partial charge in [-0.2, -0.15) is 36.0 Å². The lowest BCUT2D eigenvalue weighted by Gasteiger charge is -2.22. The molecule has 2 atom stereocenters. The lowest BCUT2D eigenvalue weighted by atomic mass is 9.93. The number of ketones is 2. The zero-order valence-electron chi connectivity index (χ0n) is 81.8. The van der Waals surface area contributed by atoms with Gasteiger partial charge in [0.25, 0.3) is 0 Å². The van der Waals surface area contributed by atoms with E-state index in [0.717, 1.165) is 107 Å². The number of carbonyl (C=O) groups excluding carboxylic acids is 2. The van der Waals surface area contributed by atoms with Crippen molar-refractivity contribution in [1.29, 1.82) is 21.0 Å². The summed E-state index contributed by atoms with van der Waals surface area (Å²) >= 11 is 14.9. The maximum Gasteiger partial charge on any atom is 0.194 e. The molecular weight excluding hydrogens is 1830 g/mol. The van der Waals surface area contributed by atoms with E-state index in [9.17, 15) is 21.0 Å². The summed E-state index contributed by atoms with van der Waals surface area (Å²) in [4.78, 5) is 34.7. The van der Waals surface area contributed by atoms with Crippen LogP contribution < -0.4 is 0 Å². The van der Waals surface area contributed by atoms with E-state index >= 15 is 9.59 Å². The number of fused-ring (bicyclic) bond motifs is 16. The standard InChI is InChI=1S/C115H155Br2N9O2S4/c1-8-14-20-26-32-38-42-46-52-58-64-82(62-56-50-44-36-30-24-18-12-5)80-125-104-100(112-106(125)114-110(131-112)90(66-60-54-48-40-34-28-22-16-10-3)96(129-114)74-94-98(84(76-118)77-119)88-70-68-86(116)72-92(88)108(94)127)102-103(123-124(7)122-102)101-105(104)126(81-83(63-57-51-45-37-31-25-19-13-6)65-59-53-47-43-39-33-27-21-15-9-2)107-113(101)132-111-91(67-61-55-49-41-35-29-23-17-11-4)97(130-115(107)111)75-95-99(85(78-120)79-121)89-71-69-87(117)73-93(89)109(95)128/h68-75,82-83H,8-67,80-81H2,1-7H3/b94-74-,95-75-. The number of benzene rings is 3. The third kappa shape index (κ3) is 27.0. The van der Waals surface area contributed by atoms with Crippen LogP contribution in [-0.2, 0) is 33.0 Å². The molecule has 7 aromatic heterocycles. The van der Waals surface area contributed by atoms with Crippen molar-refractivity contribution in [2.24, 2.45) is 18.9 Å². The Kier molecular flexibility index (Phi) is 43.8. The summed E-state index contributed by atoms with van der Waals surface area (Å²) in [5.74, 6) is 0.440. The first-order chi connectivity index (χ1) is 64.8. The maximum absolute atomic E-state index is 15.4. The van der Waals surface area contributed by atoms with Gasteiger partial charge < -0.3 is 9.13 Å². The summed E-state index contributed by atoms with van der Waals surface area (Å²) in [5.41, 5.74) is 13.3. The number of Topliss-reactive ketones (excluding diaryl/α,β-unsaturated/α-hetero) is 2. The van der Waals surface area contributed by atoms with E-state index in [2.05, 4.69) is 119 Å². The molecule has 0 N–H and O–H groups in total. The predicted molar refractivity (Wildman–Crippen MR) is 576 cm³/mol. The second-order valence-corrected chi connectivity index (χ2v) is 45.3. The summed E-state index contributed by atoms with van der Waals surface area (Å²) < 4.78 is 14.8. The summed E-state index contributed by atoms with van der Waals surface area (Å²) in [6.45, 7) is 15.5. The fourth-order valence-electron chi connectivity index (χ4n) is 21.6. The van der Waals surface area contributed by atoms with Crippen molar-refractivity contribution in [2.75, 3.05) is 0 Å². The van der Waals surface area contributed by atoms with E-state index in [0.29, 0.717) is 56.4 Å². The molecule has 0 fully saturated rings. The van der Waals surface area contributed by atoms with Crippen LogP contribution >= 0.6 is 77.2 Å². The second kappa shape index (κ2) is 55.6. The highest BCUT2D eigenvalue weighted by atomic mass is 79.9. The zero-order chi connectivity index (χ0) is 92.9. The molecule has 710 valence electrons. The molecule has 12 rings (SSSR count). The quantitative estimate of drug-likeness (QED) is 0.0206. The predicted octanol–water partition coefficient (Wildman–Crippen LogP) is 38.5. The van der Waals surface area contributed by atoms with Crippen LogP contribution in [0.1, 0.15) is 467 Å². The van der Waals surface area contributed by atoms with Gasteiger partial charge in [0.15, 0.2) is 11.6 Å². The van der Waals surface area contributed by atoms with Gasteiger partial charge in [-0.05, 0) is 122 Å². The second-order valence-electron chi connectivity index (χ2n) is 39.3. The third-order valence-corrected chi connectivity index (χ3v) is 35.1. The number of carbonyl (C=O) groups is 2. The Morgan fingerprint density at radius 1 is 0.341 bits per heavy atom. The van der Waals surface area contributed by atoms with Crippen molar-refractivity contribution < 1.29 is 9.59 Å². The summed E-state index contributed by atoms with van der Waals surface area (Å²) in [6.07, 6.45) is 78.4. The van der Waals surface area contributed by atoms with Gasteiger partial charge in [0.1, 0.15) is 46.5 Å². The number of allylic oxidation sites excluding steroid dienone is 6. The Morgan fingerprint density at radius 2 is 0.606 bits per heavy atom. The van der Waals surface area contributed by atoms with Crippen molar-refractivity contribution in [3.05, 3.63) is 111 Å². The largest absolute Gasteiger partial charge is 0.337 e. The molecule has 2 aliphatic rings. The molecular formula is C115H155Br2N9O2S4. The van der Waals surface area contributed by atoms with Crippen molar-refractivity contribution in [3.63, 3.8) is 0 Å². The topological polar surface area (TPSA) is 170 Å². The monoisotopic (exact) mass is 1980 g/mol. The lowest BCUT2D eigenvalue weighted by Crippen LogP contribution is -2.14. The molecule has 7 heterocycles. The Balaban J connectivity index is 1.14. The smallest absolute Gasteiger partial charge is 0.194 e. The van der Waals surface area contributed by atoms with Crippen molar-refractivity contribution in [3.8, 4) is 24.3 Å². The molecule has 0 spiro atoms. The van der Waals surface area contributed by atoms with Gasteiger partial charge in [0.2, 0.25) is 0 Å². The number of hydrogen-bond acceptors (Lipinski definition) is 12. The van der Waals surface area contributed by atoms with Crippen LogP contribution in [0.5, 0.6) is 0 Å². The summed E-state index contributed by atoms with van der Waals surface area (Å²) in [5, 5.41) is 57.2. The van der Waals surface area contributed by atoms with Gasteiger partial charge in [0, 0.05) is 83.0 Å². The van der Waals surface area contributed by atoms with E-state index in [-0.39, 0.29) is 22.7 Å². The average molecular weight is 1980 g/mol. The first-order valence-electron chi connectivity index (χ1n) is 53.2. The van der Waals surface area contributed by atoms with Crippen molar-refractivity contribution in [2.45, 2.75) is 440 Å². The molecule has 3 aromatic carbocycles. The number of halogens is 2. The van der Waals surface area contributed by atoms with Gasteiger partial charge in [-0.15, -0.1) is 45.3 Å². The minimum Gasteiger partial charge on any atom is -0.337 e. The maximum atomic E-state index is 15.4. The van der Waals surface area contributed by atoms with Crippen molar-refractivity contribution >= 4 is 184 Å². The number of aryl methyl sites for hydroxylation is 3. The van der Waals surface area contributed by atoms with Crippen LogP contribution in [0.4, 0.5) is 0 Å². The fraction of sp³-hybridized carbons (Fsp3) is 0.617. The molecule has 0 radical (unpaired) electrons. The average Bonchev–Trinajstić information content (AvgIpc) is 1.50. The van der Waals surface area contributed by atoms with Crippen LogP contribution in [0.3, 0.4) is 0 Å². The molecule has 132 heavy (non-hydrogen) atoms. The highest BCUT2D eigenvalue weighted by Gasteiger charge is 2.38. The first-order valence-corrected chi connectivity index (χ1v) is 58.0. The van der Waals surface area contributed by atoms with Crippen molar-refractivity contribution in [1.82, 2.24) is 24.1 Å². The molecule has 2 unspecified atom stereocenters. The van der Waals surface area contributed by atoms with Crippen LogP contribution in [-0.4, -0.2) is 35.7 Å². The molecule has 10 aromatic rings. The molecule has 0 saturated carbocycles. The Morgan fingerprint density at radius 3 is 0.879 bits per heavy atom. The third-order valence-electron chi connectivity index (χ3n) is 29.0. The molecule has 0 saturated heterocycles. The van der Waals surface area contributed by atoms with E-state index < -0.39 is 0 Å². The number of nitrogens with zero attached hydrogens (tertiary/aromatic N) is 9. The van der Waals surface area contributed by atoms with Gasteiger partial charge in [-0.1, -0.05) is 419 Å². The Labute approximate surface area is 825 Å². The number of rotatable bonds is 66. The number of aromatic nitrogens is 5. The van der Waals surface area contributed by atoms with Crippen LogP contribution in [0, 0.1) is 57.2 Å². The van der Waals surface area contributed by atoms with Gasteiger partial charge in [-0.3, -0.25) is 9.59 Å². The number of nitriles is 4. The highest BCUT2D eigenvalue weighted by Crippen LogP contribution is 2.57. The van der Waals surface area contributed by atoms with Crippen LogP contribution in [0.2, 0.25) is 0 Å². The van der Waals surface area contributed by atoms with Gasteiger partial charge in [-0.25, -0.2) is 0 Å². The number of unbranched alkanes of at least 4 members (excludes halogenated alkanes) is 48. The molecule has 17 heteroatoms. The number of hydrogen-bond donors (Lipinski definition) is 0. The molecule has 0 bridgehead atoms. The zero-order valence-corrected chi connectivity index (χ0v) is 88.3. The molecule has 0 aliphatic heterocycles. The highest BCUT2D eigenvalue weighted by molar-refractivity contribution is 9.10. The fourth-order valence-corrected chi connectivity index (χ4v) is 28.3. The van der Waals surface area contributed by atoms with E-state index in [1.54, 1.807) is 0 Å². The van der Waals surface area contributed by atoms with Crippen LogP contribution in [0.15, 0.2) is 67.6 Å². The van der Waals surface area contributed by atoms with E-state index in [4.69, 9.17) is 10.2 Å². The van der Waals surface area contributed by atoms with Crippen LogP contribution in [0.25, 0.3) is 95.4 Å². The minimum atomic E-state index is -0.161. The minimum absolute atomic E-state index is 0.0481. The van der Waals surface area contributed by atoms with E-state index in [1.807, 2.05) is 93.6 Å². The molecule has 2 aliphatic carbocycles. The first kappa shape index (κ1) is 104.